The van der Waals surface area contributed by atoms with Gasteiger partial charge in [-0.1, -0.05) is 19.9 Å². The van der Waals surface area contributed by atoms with E-state index in [1.54, 1.807) is 0 Å². The lowest BCUT2D eigenvalue weighted by atomic mass is 10.0. The van der Waals surface area contributed by atoms with Crippen molar-refractivity contribution in [3.8, 4) is 0 Å². The van der Waals surface area contributed by atoms with Gasteiger partial charge in [0.05, 0.1) is 16.8 Å². The highest BCUT2D eigenvalue weighted by Gasteiger charge is 2.46. The molecular weight excluding hydrogens is 362 g/mol. The van der Waals surface area contributed by atoms with Crippen LogP contribution in [0.5, 0.6) is 0 Å². The minimum Gasteiger partial charge on any atom is -0.360 e. The molecule has 0 aliphatic heterocycles. The first-order valence-electron chi connectivity index (χ1n) is 8.56. The van der Waals surface area contributed by atoms with Crippen molar-refractivity contribution < 1.29 is 17.6 Å². The maximum atomic E-state index is 14.0. The van der Waals surface area contributed by atoms with E-state index in [2.05, 4.69) is 20.4 Å². The second kappa shape index (κ2) is 5.90. The zero-order chi connectivity index (χ0) is 19.4. The van der Waals surface area contributed by atoms with Crippen LogP contribution in [0.25, 0.3) is 5.78 Å². The van der Waals surface area contributed by atoms with Crippen LogP contribution < -0.4 is 5.32 Å². The van der Waals surface area contributed by atoms with Gasteiger partial charge in [-0.05, 0) is 36.5 Å². The molecule has 4 rings (SSSR count). The van der Waals surface area contributed by atoms with Crippen molar-refractivity contribution in [3.63, 3.8) is 0 Å². The Labute approximate surface area is 152 Å². The number of halogens is 4. The monoisotopic (exact) mass is 379 g/mol. The van der Waals surface area contributed by atoms with Crippen molar-refractivity contribution >= 4 is 11.6 Å². The maximum absolute atomic E-state index is 14.0. The summed E-state index contributed by atoms with van der Waals surface area (Å²) in [6, 6.07) is 4.93. The second-order valence-corrected chi connectivity index (χ2v) is 7.09. The first-order valence-corrected chi connectivity index (χ1v) is 8.56. The number of benzene rings is 1. The fourth-order valence-corrected chi connectivity index (χ4v) is 3.11. The summed E-state index contributed by atoms with van der Waals surface area (Å²) in [5.41, 5.74) is -0.595. The van der Waals surface area contributed by atoms with Crippen molar-refractivity contribution in [1.82, 2.24) is 19.6 Å². The highest BCUT2D eigenvalue weighted by Crippen LogP contribution is 2.49. The van der Waals surface area contributed by atoms with Gasteiger partial charge in [0.15, 0.2) is 0 Å². The molecule has 0 bridgehead atoms. The van der Waals surface area contributed by atoms with E-state index in [1.807, 2.05) is 19.9 Å². The fraction of sp³-hybridized carbons (Fsp3) is 0.389. The van der Waals surface area contributed by atoms with Gasteiger partial charge < -0.3 is 5.32 Å². The van der Waals surface area contributed by atoms with E-state index in [9.17, 15) is 17.6 Å². The lowest BCUT2D eigenvalue weighted by molar-refractivity contribution is -0.140. The predicted molar refractivity (Wildman–Crippen MR) is 90.8 cm³/mol. The Morgan fingerprint density at radius 3 is 2.52 bits per heavy atom. The van der Waals surface area contributed by atoms with E-state index in [0.29, 0.717) is 30.0 Å². The van der Waals surface area contributed by atoms with E-state index in [-0.39, 0.29) is 5.92 Å². The van der Waals surface area contributed by atoms with Crippen molar-refractivity contribution in [2.24, 2.45) is 0 Å². The third-order valence-electron chi connectivity index (χ3n) is 4.81. The molecule has 0 amide bonds. The molecule has 1 aromatic carbocycles. The summed E-state index contributed by atoms with van der Waals surface area (Å²) in [5, 5.41) is 7.47. The van der Waals surface area contributed by atoms with Gasteiger partial charge in [0.25, 0.3) is 5.78 Å². The Morgan fingerprint density at radius 1 is 1.19 bits per heavy atom. The number of fused-ring (bicyclic) bond motifs is 1. The molecule has 9 heteroatoms. The first kappa shape index (κ1) is 17.7. The molecule has 0 unspecified atom stereocenters. The number of alkyl halides is 3. The summed E-state index contributed by atoms with van der Waals surface area (Å²) in [6.45, 7) is 3.99. The number of hydrogen-bond donors (Lipinski definition) is 1. The Balaban J connectivity index is 1.72. The highest BCUT2D eigenvalue weighted by atomic mass is 19.4. The van der Waals surface area contributed by atoms with Gasteiger partial charge in [0.1, 0.15) is 18.0 Å². The zero-order valence-electron chi connectivity index (χ0n) is 14.7. The van der Waals surface area contributed by atoms with Crippen molar-refractivity contribution in [3.05, 3.63) is 53.2 Å². The van der Waals surface area contributed by atoms with Gasteiger partial charge in [0, 0.05) is 6.07 Å². The summed E-state index contributed by atoms with van der Waals surface area (Å²) in [6.07, 6.45) is -1.98. The minimum atomic E-state index is -4.71. The SMILES string of the molecule is CC(C)c1cc(NC2(c3ccc(C(F)(F)F)c(F)c3)CC2)n2ncnc2n1. The van der Waals surface area contributed by atoms with Crippen LogP contribution in [0.2, 0.25) is 0 Å². The molecule has 1 aliphatic carbocycles. The van der Waals surface area contributed by atoms with Crippen LogP contribution in [0.3, 0.4) is 0 Å². The van der Waals surface area contributed by atoms with Gasteiger partial charge in [-0.15, -0.1) is 0 Å². The molecule has 0 radical (unpaired) electrons. The number of aromatic nitrogens is 4. The Bertz CT molecular complexity index is 1000. The van der Waals surface area contributed by atoms with E-state index in [1.165, 1.54) is 16.9 Å². The fourth-order valence-electron chi connectivity index (χ4n) is 3.11. The normalized spacial score (nSPS) is 16.1. The van der Waals surface area contributed by atoms with Crippen LogP contribution >= 0.6 is 0 Å². The van der Waals surface area contributed by atoms with Gasteiger partial charge >= 0.3 is 6.18 Å². The van der Waals surface area contributed by atoms with Gasteiger partial charge in [-0.3, -0.25) is 0 Å². The maximum Gasteiger partial charge on any atom is 0.419 e. The minimum absolute atomic E-state index is 0.158. The number of rotatable bonds is 4. The molecule has 142 valence electrons. The van der Waals surface area contributed by atoms with E-state index >= 15 is 0 Å². The van der Waals surface area contributed by atoms with Crippen molar-refractivity contribution in [2.45, 2.75) is 44.3 Å². The van der Waals surface area contributed by atoms with Crippen LogP contribution in [-0.2, 0) is 11.7 Å². The van der Waals surface area contributed by atoms with Crippen LogP contribution in [0.4, 0.5) is 23.4 Å². The average molecular weight is 379 g/mol. The molecule has 0 atom stereocenters. The molecule has 0 saturated heterocycles. The standard InChI is InChI=1S/C18H17F4N5/c1-10(2)14-8-15(27-16(25-14)23-9-24-27)26-17(5-6-17)11-3-4-12(13(19)7-11)18(20,21)22/h3-4,7-10,26H,5-6H2,1-2H3. The van der Waals surface area contributed by atoms with Crippen LogP contribution in [0, 0.1) is 5.82 Å². The number of nitrogens with zero attached hydrogens (tertiary/aromatic N) is 4. The summed E-state index contributed by atoms with van der Waals surface area (Å²) in [4.78, 5) is 8.55. The summed E-state index contributed by atoms with van der Waals surface area (Å²) < 4.78 is 54.0. The average Bonchev–Trinajstić information content (AvgIpc) is 3.20. The Kier molecular flexibility index (Phi) is 3.87. The van der Waals surface area contributed by atoms with Crippen molar-refractivity contribution in [1.29, 1.82) is 0 Å². The smallest absolute Gasteiger partial charge is 0.360 e. The number of hydrogen-bond acceptors (Lipinski definition) is 4. The molecular formula is C18H17F4N5. The molecule has 5 nitrogen and oxygen atoms in total. The van der Waals surface area contributed by atoms with Crippen LogP contribution in [0.1, 0.15) is 49.4 Å². The van der Waals surface area contributed by atoms with Crippen molar-refractivity contribution in [2.75, 3.05) is 5.32 Å². The summed E-state index contributed by atoms with van der Waals surface area (Å²) >= 11 is 0. The Hall–Kier alpha value is -2.71. The quantitative estimate of drug-likeness (QED) is 0.678. The third-order valence-corrected chi connectivity index (χ3v) is 4.81. The van der Waals surface area contributed by atoms with Gasteiger partial charge in [-0.2, -0.15) is 27.8 Å². The molecule has 1 saturated carbocycles. The molecule has 2 aromatic heterocycles. The van der Waals surface area contributed by atoms with Gasteiger partial charge in [0.2, 0.25) is 0 Å². The first-order chi connectivity index (χ1) is 12.7. The van der Waals surface area contributed by atoms with E-state index in [0.717, 1.165) is 17.8 Å². The topological polar surface area (TPSA) is 55.1 Å². The molecule has 2 heterocycles. The molecule has 0 spiro atoms. The number of anilines is 1. The molecule has 1 fully saturated rings. The lowest BCUT2D eigenvalue weighted by Crippen LogP contribution is -2.22. The molecule has 1 aliphatic rings. The van der Waals surface area contributed by atoms with Crippen LogP contribution in [0.15, 0.2) is 30.6 Å². The molecule has 27 heavy (non-hydrogen) atoms. The summed E-state index contributed by atoms with van der Waals surface area (Å²) in [7, 11) is 0. The van der Waals surface area contributed by atoms with Crippen LogP contribution in [-0.4, -0.2) is 19.6 Å². The predicted octanol–water partition coefficient (Wildman–Crippen LogP) is 4.51. The third kappa shape index (κ3) is 3.11. The van der Waals surface area contributed by atoms with E-state index in [4.69, 9.17) is 0 Å². The molecule has 1 N–H and O–H groups in total. The largest absolute Gasteiger partial charge is 0.419 e. The molecule has 3 aromatic rings. The summed E-state index contributed by atoms with van der Waals surface area (Å²) in [5.74, 6) is -0.0559. The second-order valence-electron chi connectivity index (χ2n) is 7.09. The zero-order valence-corrected chi connectivity index (χ0v) is 14.7. The highest BCUT2D eigenvalue weighted by molar-refractivity contribution is 5.51. The Morgan fingerprint density at radius 2 is 1.93 bits per heavy atom. The number of nitrogens with one attached hydrogen (secondary N) is 1. The lowest BCUT2D eigenvalue weighted by Gasteiger charge is -2.21. The van der Waals surface area contributed by atoms with E-state index < -0.39 is 23.1 Å². The van der Waals surface area contributed by atoms with Gasteiger partial charge in [-0.25, -0.2) is 9.37 Å².